The van der Waals surface area contributed by atoms with Crippen molar-refractivity contribution in [1.82, 2.24) is 4.57 Å². The Balaban J connectivity index is 1.32. The molecule has 2 aromatic heterocycles. The van der Waals surface area contributed by atoms with Gasteiger partial charge in [-0.2, -0.15) is 0 Å². The molecule has 0 aliphatic rings. The lowest BCUT2D eigenvalue weighted by atomic mass is 9.91. The van der Waals surface area contributed by atoms with Crippen molar-refractivity contribution in [2.75, 3.05) is 0 Å². The number of benzene rings is 6. The molecule has 234 valence electrons. The van der Waals surface area contributed by atoms with Gasteiger partial charge in [-0.15, -0.1) is 11.3 Å². The lowest BCUT2D eigenvalue weighted by Crippen LogP contribution is -2.14. The zero-order chi connectivity index (χ0) is 32.6. The van der Waals surface area contributed by atoms with Gasteiger partial charge in [-0.25, -0.2) is 4.99 Å². The molecule has 0 bridgehead atoms. The first kappa shape index (κ1) is 30.0. The molecule has 0 spiro atoms. The van der Waals surface area contributed by atoms with E-state index in [2.05, 4.69) is 171 Å². The Morgan fingerprint density at radius 1 is 0.667 bits per heavy atom. The predicted molar refractivity (Wildman–Crippen MR) is 208 cm³/mol. The minimum absolute atomic E-state index is 0.0539. The van der Waals surface area contributed by atoms with Crippen molar-refractivity contribution in [1.29, 1.82) is 0 Å². The van der Waals surface area contributed by atoms with E-state index in [1.54, 1.807) is 0 Å². The monoisotopic (exact) mass is 639 g/mol. The smallest absolute Gasteiger partial charge is 0.157 e. The third kappa shape index (κ3) is 5.32. The van der Waals surface area contributed by atoms with E-state index in [4.69, 9.17) is 9.98 Å². The fourth-order valence-corrected chi connectivity index (χ4v) is 8.22. The van der Waals surface area contributed by atoms with Gasteiger partial charge in [-0.3, -0.25) is 9.56 Å². The minimum atomic E-state index is -0.0539. The standard InChI is InChI=1S/C44H37N3S/c1-4-29(2)42(34-21-15-20-33(28-34)31-16-7-5-8-17-31)46-44(32-18-9-6-10-19-32)45-30(3)47-38-24-13-11-23-37(38)41-39(47)27-26-36-35-22-12-14-25-40(35)48-43(36)41/h5-29,42H,4H2,1-3H3. The van der Waals surface area contributed by atoms with Gasteiger partial charge in [0, 0.05) is 36.5 Å². The summed E-state index contributed by atoms with van der Waals surface area (Å²) < 4.78 is 4.96. The molecule has 6 aromatic carbocycles. The molecule has 8 rings (SSSR count). The molecule has 2 atom stereocenters. The molecule has 0 radical (unpaired) electrons. The highest BCUT2D eigenvalue weighted by molar-refractivity contribution is 7.26. The van der Waals surface area contributed by atoms with Gasteiger partial charge in [0.15, 0.2) is 5.84 Å². The fraction of sp³-hybridized carbons (Fsp3) is 0.136. The molecular formula is C44H37N3S. The number of aromatic nitrogens is 1. The zero-order valence-electron chi connectivity index (χ0n) is 27.5. The Hall–Kier alpha value is -5.32. The van der Waals surface area contributed by atoms with E-state index in [0.717, 1.165) is 34.7 Å². The molecule has 0 fully saturated rings. The zero-order valence-corrected chi connectivity index (χ0v) is 28.3. The highest BCUT2D eigenvalue weighted by Gasteiger charge is 2.21. The molecular weight excluding hydrogens is 603 g/mol. The van der Waals surface area contributed by atoms with Crippen molar-refractivity contribution >= 4 is 65.0 Å². The second-order valence-electron chi connectivity index (χ2n) is 12.6. The fourth-order valence-electron chi connectivity index (χ4n) is 6.96. The van der Waals surface area contributed by atoms with Gasteiger partial charge in [-0.1, -0.05) is 142 Å². The second-order valence-corrected chi connectivity index (χ2v) is 13.6. The van der Waals surface area contributed by atoms with Crippen LogP contribution < -0.4 is 0 Å². The maximum atomic E-state index is 5.53. The van der Waals surface area contributed by atoms with Crippen molar-refractivity contribution in [2.24, 2.45) is 15.9 Å². The first-order chi connectivity index (χ1) is 23.6. The molecule has 2 unspecified atom stereocenters. The molecule has 0 saturated heterocycles. The maximum absolute atomic E-state index is 5.53. The van der Waals surface area contributed by atoms with E-state index in [1.807, 2.05) is 11.3 Å². The maximum Gasteiger partial charge on any atom is 0.157 e. The molecule has 3 nitrogen and oxygen atoms in total. The third-order valence-electron chi connectivity index (χ3n) is 9.58. The summed E-state index contributed by atoms with van der Waals surface area (Å²) in [4.78, 5) is 10.9. The molecule has 48 heavy (non-hydrogen) atoms. The van der Waals surface area contributed by atoms with Crippen molar-refractivity contribution in [3.63, 3.8) is 0 Å². The van der Waals surface area contributed by atoms with Crippen LogP contribution in [-0.4, -0.2) is 16.2 Å². The Morgan fingerprint density at radius 3 is 2.15 bits per heavy atom. The largest absolute Gasteiger partial charge is 0.297 e. The lowest BCUT2D eigenvalue weighted by Gasteiger charge is -2.21. The van der Waals surface area contributed by atoms with Gasteiger partial charge < -0.3 is 0 Å². The van der Waals surface area contributed by atoms with E-state index in [1.165, 1.54) is 47.6 Å². The van der Waals surface area contributed by atoms with E-state index >= 15 is 0 Å². The summed E-state index contributed by atoms with van der Waals surface area (Å²) >= 11 is 1.88. The van der Waals surface area contributed by atoms with Gasteiger partial charge in [0.2, 0.25) is 0 Å². The van der Waals surface area contributed by atoms with Crippen LogP contribution in [0.25, 0.3) is 53.1 Å². The summed E-state index contributed by atoms with van der Waals surface area (Å²) in [5.74, 6) is 1.96. The van der Waals surface area contributed by atoms with Crippen LogP contribution in [0.15, 0.2) is 156 Å². The summed E-state index contributed by atoms with van der Waals surface area (Å²) in [7, 11) is 0. The topological polar surface area (TPSA) is 29.6 Å². The van der Waals surface area contributed by atoms with Gasteiger partial charge in [-0.05, 0) is 53.8 Å². The normalized spacial score (nSPS) is 13.9. The van der Waals surface area contributed by atoms with E-state index in [0.29, 0.717) is 5.92 Å². The quantitative estimate of drug-likeness (QED) is 0.128. The van der Waals surface area contributed by atoms with Crippen molar-refractivity contribution in [3.05, 3.63) is 157 Å². The second kappa shape index (κ2) is 12.7. The Bertz CT molecular complexity index is 2470. The number of hydrogen-bond acceptors (Lipinski definition) is 2. The third-order valence-corrected chi connectivity index (χ3v) is 10.8. The first-order valence-electron chi connectivity index (χ1n) is 16.8. The number of aliphatic imine (C=N–C) groups is 2. The van der Waals surface area contributed by atoms with Crippen LogP contribution in [0.1, 0.15) is 44.4 Å². The van der Waals surface area contributed by atoms with Crippen molar-refractivity contribution < 1.29 is 0 Å². The Kier molecular flexibility index (Phi) is 7.95. The van der Waals surface area contributed by atoms with Crippen LogP contribution in [0.5, 0.6) is 0 Å². The highest BCUT2D eigenvalue weighted by atomic mass is 32.1. The Morgan fingerprint density at radius 2 is 1.35 bits per heavy atom. The first-order valence-corrected chi connectivity index (χ1v) is 17.6. The van der Waals surface area contributed by atoms with Crippen LogP contribution in [0.3, 0.4) is 0 Å². The van der Waals surface area contributed by atoms with Crippen LogP contribution in [-0.2, 0) is 0 Å². The number of hydrogen-bond donors (Lipinski definition) is 0. The van der Waals surface area contributed by atoms with Crippen LogP contribution >= 0.6 is 11.3 Å². The summed E-state index contributed by atoms with van der Waals surface area (Å²) in [6.07, 6.45) is 1.01. The summed E-state index contributed by atoms with van der Waals surface area (Å²) in [5.41, 5.74) is 6.95. The van der Waals surface area contributed by atoms with E-state index in [-0.39, 0.29) is 6.04 Å². The summed E-state index contributed by atoms with van der Waals surface area (Å²) in [6, 6.07) is 51.8. The van der Waals surface area contributed by atoms with Gasteiger partial charge in [0.05, 0.1) is 17.1 Å². The minimum Gasteiger partial charge on any atom is -0.297 e. The summed E-state index contributed by atoms with van der Waals surface area (Å²) in [5, 5.41) is 5.15. The van der Waals surface area contributed by atoms with Gasteiger partial charge in [0.1, 0.15) is 5.84 Å². The van der Waals surface area contributed by atoms with Crippen LogP contribution in [0.2, 0.25) is 0 Å². The van der Waals surface area contributed by atoms with Crippen molar-refractivity contribution in [2.45, 2.75) is 33.2 Å². The van der Waals surface area contributed by atoms with Gasteiger partial charge >= 0.3 is 0 Å². The molecule has 0 aliphatic heterocycles. The van der Waals surface area contributed by atoms with Crippen molar-refractivity contribution in [3.8, 4) is 11.1 Å². The predicted octanol–water partition coefficient (Wildman–Crippen LogP) is 12.3. The Labute approximate surface area is 285 Å². The molecule has 0 aliphatic carbocycles. The average Bonchev–Trinajstić information content (AvgIpc) is 3.69. The van der Waals surface area contributed by atoms with Crippen LogP contribution in [0, 0.1) is 5.92 Å². The number of thiophene rings is 1. The highest BCUT2D eigenvalue weighted by Crippen LogP contribution is 2.42. The lowest BCUT2D eigenvalue weighted by molar-refractivity contribution is 0.459. The number of para-hydroxylation sites is 1. The molecule has 0 saturated carbocycles. The number of nitrogens with zero attached hydrogens (tertiary/aromatic N) is 3. The number of fused-ring (bicyclic) bond motifs is 7. The molecule has 0 amide bonds. The number of amidine groups is 1. The van der Waals surface area contributed by atoms with Crippen LogP contribution in [0.4, 0.5) is 0 Å². The number of rotatable bonds is 6. The average molecular weight is 640 g/mol. The van der Waals surface area contributed by atoms with E-state index in [9.17, 15) is 0 Å². The molecule has 4 heteroatoms. The van der Waals surface area contributed by atoms with Gasteiger partial charge in [0.25, 0.3) is 0 Å². The SMILES string of the molecule is CCC(C)C(N=C(N=C(C)n1c2ccccc2c2c3sc4ccccc4c3ccc21)c1ccccc1)c1cccc(-c2ccccc2)c1. The summed E-state index contributed by atoms with van der Waals surface area (Å²) in [6.45, 7) is 6.66. The van der Waals surface area contributed by atoms with E-state index < -0.39 is 0 Å². The molecule has 2 heterocycles. The molecule has 8 aromatic rings. The molecule has 0 N–H and O–H groups in total.